The van der Waals surface area contributed by atoms with E-state index in [0.717, 1.165) is 33.7 Å². The average Bonchev–Trinajstić information content (AvgIpc) is 3.01. The van der Waals surface area contributed by atoms with Crippen molar-refractivity contribution in [3.8, 4) is 5.75 Å². The van der Waals surface area contributed by atoms with Gasteiger partial charge in [0.1, 0.15) is 12.4 Å². The quantitative estimate of drug-likeness (QED) is 0.327. The minimum atomic E-state index is -0.101. The molecular weight excluding hydrogens is 422 g/mol. The summed E-state index contributed by atoms with van der Waals surface area (Å²) in [5, 5.41) is 0. The fourth-order valence-electron chi connectivity index (χ4n) is 3.51. The topological polar surface area (TPSA) is 29.5 Å². The molecule has 0 radical (unpaired) electrons. The van der Waals surface area contributed by atoms with Gasteiger partial charge in [0, 0.05) is 5.56 Å². The summed E-state index contributed by atoms with van der Waals surface area (Å²) >= 11 is 6.86. The number of ether oxygens (including phenoxy) is 1. The highest BCUT2D eigenvalue weighted by Crippen LogP contribution is 2.38. The molecule has 0 bridgehead atoms. The van der Waals surface area contributed by atoms with E-state index in [9.17, 15) is 4.79 Å². The lowest BCUT2D eigenvalue weighted by molar-refractivity contribution is -0.113. The van der Waals surface area contributed by atoms with Gasteiger partial charge in [0.05, 0.1) is 10.6 Å². The van der Waals surface area contributed by atoms with Gasteiger partial charge in [0.15, 0.2) is 4.32 Å². The predicted molar refractivity (Wildman–Crippen MR) is 134 cm³/mol. The second-order valence-corrected chi connectivity index (χ2v) is 9.30. The first-order valence-corrected chi connectivity index (χ1v) is 11.3. The SMILES string of the molecule is Cc1cccc(COc2ccc(C)cc2/C=C2\SC(=S)N(c3ccccc3C)C2=O)c1. The van der Waals surface area contributed by atoms with Crippen molar-refractivity contribution in [1.29, 1.82) is 0 Å². The number of anilines is 1. The number of thiocarbonyl (C=S) groups is 1. The van der Waals surface area contributed by atoms with Gasteiger partial charge < -0.3 is 4.74 Å². The normalized spacial score (nSPS) is 15.1. The Labute approximate surface area is 192 Å². The van der Waals surface area contributed by atoms with Crippen LogP contribution in [0.2, 0.25) is 0 Å². The number of thioether (sulfide) groups is 1. The molecule has 3 aromatic carbocycles. The molecule has 0 saturated carbocycles. The number of nitrogens with zero attached hydrogens (tertiary/aromatic N) is 1. The van der Waals surface area contributed by atoms with Crippen molar-refractivity contribution in [2.24, 2.45) is 0 Å². The van der Waals surface area contributed by atoms with Gasteiger partial charge in [-0.05, 0) is 56.2 Å². The molecule has 0 aromatic heterocycles. The van der Waals surface area contributed by atoms with Crippen LogP contribution in [0.3, 0.4) is 0 Å². The van der Waals surface area contributed by atoms with E-state index in [0.29, 0.717) is 15.8 Å². The smallest absolute Gasteiger partial charge is 0.270 e. The molecule has 1 aliphatic heterocycles. The number of benzene rings is 3. The number of aryl methyl sites for hydroxylation is 3. The first kappa shape index (κ1) is 21.3. The van der Waals surface area contributed by atoms with Crippen molar-refractivity contribution in [2.45, 2.75) is 27.4 Å². The lowest BCUT2D eigenvalue weighted by Gasteiger charge is -2.16. The fourth-order valence-corrected chi connectivity index (χ4v) is 4.78. The second-order valence-electron chi connectivity index (χ2n) is 7.62. The monoisotopic (exact) mass is 445 g/mol. The third-order valence-corrected chi connectivity index (χ3v) is 6.38. The maximum atomic E-state index is 13.2. The van der Waals surface area contributed by atoms with Crippen molar-refractivity contribution in [3.05, 3.63) is 99.5 Å². The van der Waals surface area contributed by atoms with E-state index in [1.807, 2.05) is 74.5 Å². The summed E-state index contributed by atoms with van der Waals surface area (Å²) in [6.07, 6.45) is 1.89. The van der Waals surface area contributed by atoms with Crippen LogP contribution in [0.1, 0.15) is 27.8 Å². The first-order valence-electron chi connectivity index (χ1n) is 10.0. The van der Waals surface area contributed by atoms with E-state index in [4.69, 9.17) is 17.0 Å². The molecule has 3 nitrogen and oxygen atoms in total. The first-order chi connectivity index (χ1) is 14.9. The molecule has 0 atom stereocenters. The zero-order valence-corrected chi connectivity index (χ0v) is 19.3. The average molecular weight is 446 g/mol. The molecule has 0 aliphatic carbocycles. The van der Waals surface area contributed by atoms with Gasteiger partial charge >= 0.3 is 0 Å². The van der Waals surface area contributed by atoms with E-state index in [1.165, 1.54) is 17.3 Å². The van der Waals surface area contributed by atoms with E-state index >= 15 is 0 Å². The summed E-state index contributed by atoms with van der Waals surface area (Å²) in [5.41, 5.74) is 6.12. The van der Waals surface area contributed by atoms with Gasteiger partial charge in [0.2, 0.25) is 0 Å². The minimum Gasteiger partial charge on any atom is -0.488 e. The van der Waals surface area contributed by atoms with Gasteiger partial charge in [-0.1, -0.05) is 83.6 Å². The molecule has 0 spiro atoms. The van der Waals surface area contributed by atoms with Gasteiger partial charge in [0.25, 0.3) is 5.91 Å². The van der Waals surface area contributed by atoms with Crippen LogP contribution in [0.5, 0.6) is 5.75 Å². The van der Waals surface area contributed by atoms with Crippen LogP contribution in [0.25, 0.3) is 6.08 Å². The standard InChI is InChI=1S/C26H23NO2S2/c1-17-7-6-9-20(13-17)16-29-23-12-11-18(2)14-21(23)15-24-25(28)27(26(30)31-24)22-10-5-4-8-19(22)3/h4-15H,16H2,1-3H3/b24-15-. The van der Waals surface area contributed by atoms with Gasteiger partial charge in [-0.25, -0.2) is 0 Å². The molecule has 1 amide bonds. The van der Waals surface area contributed by atoms with Gasteiger partial charge in [-0.2, -0.15) is 0 Å². The molecule has 0 N–H and O–H groups in total. The summed E-state index contributed by atoms with van der Waals surface area (Å²) in [7, 11) is 0. The summed E-state index contributed by atoms with van der Waals surface area (Å²) in [6.45, 7) is 6.54. The Morgan fingerprint density at radius 3 is 2.52 bits per heavy atom. The second kappa shape index (κ2) is 9.08. The van der Waals surface area contributed by atoms with E-state index in [1.54, 1.807) is 4.90 Å². The number of carbonyl (C=O) groups is 1. The van der Waals surface area contributed by atoms with Gasteiger partial charge in [-0.15, -0.1) is 0 Å². The Morgan fingerprint density at radius 1 is 0.968 bits per heavy atom. The summed E-state index contributed by atoms with van der Waals surface area (Å²) in [6, 6.07) is 22.0. The molecule has 1 aliphatic rings. The van der Waals surface area contributed by atoms with Crippen molar-refractivity contribution in [1.82, 2.24) is 0 Å². The molecule has 156 valence electrons. The lowest BCUT2D eigenvalue weighted by Crippen LogP contribution is -2.28. The van der Waals surface area contributed by atoms with E-state index < -0.39 is 0 Å². The highest BCUT2D eigenvalue weighted by molar-refractivity contribution is 8.27. The Balaban J connectivity index is 1.62. The number of rotatable bonds is 5. The Kier molecular flexibility index (Phi) is 6.25. The molecule has 3 aromatic rings. The summed E-state index contributed by atoms with van der Waals surface area (Å²) in [5.74, 6) is 0.642. The third-order valence-electron chi connectivity index (χ3n) is 5.08. The molecule has 31 heavy (non-hydrogen) atoms. The fraction of sp³-hybridized carbons (Fsp3) is 0.154. The molecule has 1 heterocycles. The van der Waals surface area contributed by atoms with Gasteiger partial charge in [-0.3, -0.25) is 9.69 Å². The van der Waals surface area contributed by atoms with Crippen molar-refractivity contribution in [2.75, 3.05) is 4.90 Å². The molecule has 1 fully saturated rings. The molecule has 1 saturated heterocycles. The van der Waals surface area contributed by atoms with Crippen LogP contribution in [0.4, 0.5) is 5.69 Å². The minimum absolute atomic E-state index is 0.101. The van der Waals surface area contributed by atoms with Crippen molar-refractivity contribution >= 4 is 46.0 Å². The van der Waals surface area contributed by atoms with Crippen LogP contribution in [-0.4, -0.2) is 10.2 Å². The number of carbonyl (C=O) groups excluding carboxylic acids is 1. The third kappa shape index (κ3) is 4.73. The molecular formula is C26H23NO2S2. The molecule has 4 rings (SSSR count). The van der Waals surface area contributed by atoms with E-state index in [-0.39, 0.29) is 5.91 Å². The summed E-state index contributed by atoms with van der Waals surface area (Å²) in [4.78, 5) is 15.4. The number of hydrogen-bond acceptors (Lipinski definition) is 4. The molecule has 5 heteroatoms. The highest BCUT2D eigenvalue weighted by Gasteiger charge is 2.34. The zero-order chi connectivity index (χ0) is 22.0. The van der Waals surface area contributed by atoms with Crippen LogP contribution in [0, 0.1) is 20.8 Å². The Bertz CT molecular complexity index is 1200. The number of amides is 1. The van der Waals surface area contributed by atoms with Crippen LogP contribution >= 0.6 is 24.0 Å². The van der Waals surface area contributed by atoms with Crippen LogP contribution in [-0.2, 0) is 11.4 Å². The van der Waals surface area contributed by atoms with E-state index in [2.05, 4.69) is 19.1 Å². The largest absolute Gasteiger partial charge is 0.488 e. The van der Waals surface area contributed by atoms with Crippen molar-refractivity contribution < 1.29 is 9.53 Å². The maximum Gasteiger partial charge on any atom is 0.270 e. The predicted octanol–water partition coefficient (Wildman–Crippen LogP) is 6.60. The maximum absolute atomic E-state index is 13.2. The van der Waals surface area contributed by atoms with Crippen LogP contribution < -0.4 is 9.64 Å². The highest BCUT2D eigenvalue weighted by atomic mass is 32.2. The Hall–Kier alpha value is -2.89. The zero-order valence-electron chi connectivity index (χ0n) is 17.7. The lowest BCUT2D eigenvalue weighted by atomic mass is 10.1. The Morgan fingerprint density at radius 2 is 1.74 bits per heavy atom. The van der Waals surface area contributed by atoms with Crippen LogP contribution in [0.15, 0.2) is 71.6 Å². The summed E-state index contributed by atoms with van der Waals surface area (Å²) < 4.78 is 6.67. The van der Waals surface area contributed by atoms with Crippen molar-refractivity contribution in [3.63, 3.8) is 0 Å². The molecule has 0 unspecified atom stereocenters. The number of hydrogen-bond donors (Lipinski definition) is 0. The number of para-hydroxylation sites is 1.